The summed E-state index contributed by atoms with van der Waals surface area (Å²) in [6.45, 7) is 3.61. The van der Waals surface area contributed by atoms with Crippen LogP contribution in [0.5, 0.6) is 5.75 Å². The Morgan fingerprint density at radius 1 is 1.33 bits per heavy atom. The monoisotopic (exact) mass is 411 g/mol. The summed E-state index contributed by atoms with van der Waals surface area (Å²) in [5.74, 6) is -0.677. The second kappa shape index (κ2) is 9.45. The van der Waals surface area contributed by atoms with Crippen LogP contribution in [0.4, 0.5) is 5.69 Å². The number of aliphatic hydroxyl groups excluding tert-OH is 1. The Labute approximate surface area is 174 Å². The second-order valence-corrected chi connectivity index (χ2v) is 7.05. The number of hydrogen-bond acceptors (Lipinski definition) is 7. The molecule has 2 atom stereocenters. The third-order valence-corrected chi connectivity index (χ3v) is 4.94. The van der Waals surface area contributed by atoms with E-state index in [1.165, 1.54) is 0 Å². The van der Waals surface area contributed by atoms with Gasteiger partial charge >= 0.3 is 5.97 Å². The summed E-state index contributed by atoms with van der Waals surface area (Å²) in [6.07, 6.45) is 6.68. The lowest BCUT2D eigenvalue weighted by Crippen LogP contribution is -2.21. The van der Waals surface area contributed by atoms with Gasteiger partial charge in [-0.25, -0.2) is 4.79 Å². The first-order chi connectivity index (χ1) is 14.4. The number of hydrogen-bond donors (Lipinski definition) is 3. The van der Waals surface area contributed by atoms with Crippen LogP contribution in [0, 0.1) is 5.92 Å². The number of esters is 1. The number of nitrogens with one attached hydrogen (secondary N) is 1. The molecule has 3 rings (SSSR count). The number of carbonyl (C=O) groups excluding carboxylic acids is 1. The molecule has 0 radical (unpaired) electrons. The van der Waals surface area contributed by atoms with Crippen LogP contribution in [0.3, 0.4) is 0 Å². The molecule has 1 aliphatic carbocycles. The minimum Gasteiger partial charge on any atom is -0.502 e. The molecule has 7 nitrogen and oxygen atoms in total. The Morgan fingerprint density at radius 3 is 2.70 bits per heavy atom. The minimum absolute atomic E-state index is 0.0365. The van der Waals surface area contributed by atoms with E-state index in [-0.39, 0.29) is 17.4 Å². The van der Waals surface area contributed by atoms with Crippen molar-refractivity contribution in [3.05, 3.63) is 81.4 Å². The van der Waals surface area contributed by atoms with Crippen LogP contribution in [0.1, 0.15) is 48.2 Å². The third-order valence-electron chi connectivity index (χ3n) is 4.94. The van der Waals surface area contributed by atoms with Gasteiger partial charge in [-0.1, -0.05) is 25.2 Å². The zero-order valence-corrected chi connectivity index (χ0v) is 16.9. The summed E-state index contributed by atoms with van der Waals surface area (Å²) >= 11 is 0. The van der Waals surface area contributed by atoms with Gasteiger partial charge in [0.25, 0.3) is 0 Å². The van der Waals surface area contributed by atoms with E-state index in [1.54, 1.807) is 31.2 Å². The summed E-state index contributed by atoms with van der Waals surface area (Å²) in [5, 5.41) is 23.1. The molecule has 0 fully saturated rings. The number of anilines is 1. The minimum atomic E-state index is -0.641. The van der Waals surface area contributed by atoms with Crippen LogP contribution < -0.4 is 10.7 Å². The SMILES string of the molecule is CCOC(=O)c1ccc(NC(C2=CC=CCC2C)c2oc(CO)cc(=O)c2O)cc1. The van der Waals surface area contributed by atoms with Crippen LogP contribution >= 0.6 is 0 Å². The maximum Gasteiger partial charge on any atom is 0.338 e. The molecule has 2 aromatic rings. The molecule has 0 bridgehead atoms. The zero-order valence-electron chi connectivity index (χ0n) is 16.9. The maximum atomic E-state index is 12.2. The molecule has 0 saturated carbocycles. The van der Waals surface area contributed by atoms with Crippen LogP contribution in [0.15, 0.2) is 63.3 Å². The molecule has 0 saturated heterocycles. The van der Waals surface area contributed by atoms with Crippen molar-refractivity contribution in [1.29, 1.82) is 0 Å². The van der Waals surface area contributed by atoms with Gasteiger partial charge in [-0.2, -0.15) is 0 Å². The maximum absolute atomic E-state index is 12.2. The van der Waals surface area contributed by atoms with E-state index in [0.29, 0.717) is 17.9 Å². The number of rotatable bonds is 7. The number of aromatic hydroxyl groups is 1. The van der Waals surface area contributed by atoms with Gasteiger partial charge in [0.05, 0.1) is 12.2 Å². The molecule has 0 aliphatic heterocycles. The molecule has 2 unspecified atom stereocenters. The van der Waals surface area contributed by atoms with Crippen molar-refractivity contribution < 1.29 is 24.2 Å². The fraction of sp³-hybridized carbons (Fsp3) is 0.304. The number of ether oxygens (including phenoxy) is 1. The zero-order chi connectivity index (χ0) is 21.7. The molecular weight excluding hydrogens is 386 g/mol. The summed E-state index contributed by atoms with van der Waals surface area (Å²) < 4.78 is 10.7. The van der Waals surface area contributed by atoms with Crippen molar-refractivity contribution in [2.75, 3.05) is 11.9 Å². The van der Waals surface area contributed by atoms with E-state index in [9.17, 15) is 19.8 Å². The number of carbonyl (C=O) groups is 1. The van der Waals surface area contributed by atoms with Crippen molar-refractivity contribution in [3.8, 4) is 5.75 Å². The molecule has 1 aromatic carbocycles. The predicted octanol–water partition coefficient (Wildman–Crippen LogP) is 3.69. The van der Waals surface area contributed by atoms with Gasteiger partial charge in [0, 0.05) is 11.8 Å². The third kappa shape index (κ3) is 4.63. The average Bonchev–Trinajstić information content (AvgIpc) is 2.75. The predicted molar refractivity (Wildman–Crippen MR) is 112 cm³/mol. The lowest BCUT2D eigenvalue weighted by molar-refractivity contribution is 0.0526. The first-order valence-electron chi connectivity index (χ1n) is 9.81. The standard InChI is InChI=1S/C23H25NO6/c1-3-29-23(28)15-8-10-16(11-9-15)24-20(18-7-5-4-6-14(18)2)22-21(27)19(26)12-17(13-25)30-22/h4-5,7-12,14,20,24-25,27H,3,6,13H2,1-2H3. The van der Waals surface area contributed by atoms with Gasteiger partial charge in [-0.15, -0.1) is 0 Å². The van der Waals surface area contributed by atoms with Gasteiger partial charge in [-0.3, -0.25) is 4.79 Å². The summed E-state index contributed by atoms with van der Waals surface area (Å²) in [4.78, 5) is 24.1. The normalized spacial score (nSPS) is 16.6. The molecule has 1 heterocycles. The molecule has 1 aromatic heterocycles. The average molecular weight is 411 g/mol. The lowest BCUT2D eigenvalue weighted by Gasteiger charge is -2.28. The van der Waals surface area contributed by atoms with Crippen molar-refractivity contribution in [3.63, 3.8) is 0 Å². The fourth-order valence-electron chi connectivity index (χ4n) is 3.36. The Bertz CT molecular complexity index is 1020. The number of allylic oxidation sites excluding steroid dienone is 3. The number of benzene rings is 1. The van der Waals surface area contributed by atoms with Crippen LogP contribution in [0.2, 0.25) is 0 Å². The summed E-state index contributed by atoms with van der Waals surface area (Å²) in [7, 11) is 0. The molecule has 1 aliphatic rings. The largest absolute Gasteiger partial charge is 0.502 e. The quantitative estimate of drug-likeness (QED) is 0.596. The highest BCUT2D eigenvalue weighted by Crippen LogP contribution is 2.37. The van der Waals surface area contributed by atoms with Crippen LogP contribution in [-0.2, 0) is 11.3 Å². The Hall–Kier alpha value is -3.32. The van der Waals surface area contributed by atoms with E-state index in [1.807, 2.05) is 25.2 Å². The molecule has 7 heteroatoms. The van der Waals surface area contributed by atoms with E-state index in [2.05, 4.69) is 5.32 Å². The lowest BCUT2D eigenvalue weighted by atomic mass is 9.86. The van der Waals surface area contributed by atoms with Crippen molar-refractivity contribution in [2.45, 2.75) is 32.9 Å². The Morgan fingerprint density at radius 2 is 2.07 bits per heavy atom. The van der Waals surface area contributed by atoms with Gasteiger partial charge in [0.1, 0.15) is 18.4 Å². The molecule has 0 amide bonds. The van der Waals surface area contributed by atoms with E-state index >= 15 is 0 Å². The Kier molecular flexibility index (Phi) is 6.74. The van der Waals surface area contributed by atoms with Crippen molar-refractivity contribution >= 4 is 11.7 Å². The highest BCUT2D eigenvalue weighted by Gasteiger charge is 2.28. The van der Waals surface area contributed by atoms with Gasteiger partial charge < -0.3 is 24.7 Å². The molecule has 30 heavy (non-hydrogen) atoms. The molecule has 158 valence electrons. The first kappa shape index (κ1) is 21.4. The molecule has 3 N–H and O–H groups in total. The highest BCUT2D eigenvalue weighted by atomic mass is 16.5. The molecular formula is C23H25NO6. The van der Waals surface area contributed by atoms with Gasteiger partial charge in [-0.05, 0) is 49.1 Å². The highest BCUT2D eigenvalue weighted by molar-refractivity contribution is 5.89. The van der Waals surface area contributed by atoms with Crippen LogP contribution in [-0.4, -0.2) is 22.8 Å². The smallest absolute Gasteiger partial charge is 0.338 e. The van der Waals surface area contributed by atoms with Crippen molar-refractivity contribution in [2.24, 2.45) is 5.92 Å². The fourth-order valence-corrected chi connectivity index (χ4v) is 3.36. The van der Waals surface area contributed by atoms with Gasteiger partial charge in [0.2, 0.25) is 11.2 Å². The van der Waals surface area contributed by atoms with E-state index < -0.39 is 29.8 Å². The second-order valence-electron chi connectivity index (χ2n) is 7.05. The van der Waals surface area contributed by atoms with Crippen LogP contribution in [0.25, 0.3) is 0 Å². The van der Waals surface area contributed by atoms with Crippen molar-refractivity contribution in [1.82, 2.24) is 0 Å². The summed E-state index contributed by atoms with van der Waals surface area (Å²) in [5.41, 5.74) is 1.38. The van der Waals surface area contributed by atoms with E-state index in [0.717, 1.165) is 18.1 Å². The summed E-state index contributed by atoms with van der Waals surface area (Å²) in [6, 6.07) is 7.13. The Balaban J connectivity index is 2.01. The van der Waals surface area contributed by atoms with Gasteiger partial charge in [0.15, 0.2) is 5.76 Å². The van der Waals surface area contributed by atoms with E-state index in [4.69, 9.17) is 9.15 Å². The molecule has 0 spiro atoms. The first-order valence-corrected chi connectivity index (χ1v) is 9.81. The number of aliphatic hydroxyl groups is 1. The topological polar surface area (TPSA) is 109 Å².